The van der Waals surface area contributed by atoms with E-state index in [0.29, 0.717) is 11.4 Å². The molecule has 38 heavy (non-hydrogen) atoms. The summed E-state index contributed by atoms with van der Waals surface area (Å²) in [5.41, 5.74) is 1.69. The number of anilines is 3. The van der Waals surface area contributed by atoms with Gasteiger partial charge in [-0.15, -0.1) is 0 Å². The second-order valence-corrected chi connectivity index (χ2v) is 10.5. The van der Waals surface area contributed by atoms with Crippen LogP contribution in [0.3, 0.4) is 0 Å². The van der Waals surface area contributed by atoms with Gasteiger partial charge in [0.15, 0.2) is 0 Å². The van der Waals surface area contributed by atoms with Crippen LogP contribution in [0, 0.1) is 17.3 Å². The molecule has 190 valence electrons. The lowest BCUT2D eigenvalue weighted by Crippen LogP contribution is -2.18. The molecule has 4 aromatic carbocycles. The van der Waals surface area contributed by atoms with Crippen molar-refractivity contribution >= 4 is 85.7 Å². The molecule has 0 saturated carbocycles. The number of hydrogen-bond donors (Lipinski definition) is 3. The van der Waals surface area contributed by atoms with Crippen LogP contribution in [-0.2, 0) is 0 Å². The molecule has 0 spiro atoms. The summed E-state index contributed by atoms with van der Waals surface area (Å²) in [6.07, 6.45) is 0. The molecule has 0 bridgehead atoms. The highest BCUT2D eigenvalue weighted by Crippen LogP contribution is 2.21. The highest BCUT2D eigenvalue weighted by molar-refractivity contribution is 14.1. The Hall–Kier alpha value is -3.85. The zero-order valence-electron chi connectivity index (χ0n) is 19.4. The number of amides is 3. The maximum absolute atomic E-state index is 13.1. The van der Waals surface area contributed by atoms with Crippen LogP contribution in [0.25, 0.3) is 0 Å². The molecule has 0 radical (unpaired) electrons. The Morgan fingerprint density at radius 1 is 0.579 bits per heavy atom. The van der Waals surface area contributed by atoms with Gasteiger partial charge >= 0.3 is 0 Å². The van der Waals surface area contributed by atoms with E-state index in [0.717, 1.165) is 7.14 Å². The molecule has 4 aromatic rings. The molecule has 0 aliphatic carbocycles. The van der Waals surface area contributed by atoms with Crippen LogP contribution in [0.2, 0.25) is 0 Å². The number of nitro benzene ring substituents is 1. The van der Waals surface area contributed by atoms with Gasteiger partial charge in [0.25, 0.3) is 23.4 Å². The van der Waals surface area contributed by atoms with Gasteiger partial charge in [0.2, 0.25) is 0 Å². The summed E-state index contributed by atoms with van der Waals surface area (Å²) >= 11 is 4.27. The summed E-state index contributed by atoms with van der Waals surface area (Å²) in [5.74, 6) is -1.50. The topological polar surface area (TPSA) is 130 Å². The van der Waals surface area contributed by atoms with E-state index in [4.69, 9.17) is 0 Å². The van der Waals surface area contributed by atoms with Crippen molar-refractivity contribution in [2.24, 2.45) is 0 Å². The number of nitro groups is 1. The minimum Gasteiger partial charge on any atom is -0.322 e. The van der Waals surface area contributed by atoms with Gasteiger partial charge in [-0.3, -0.25) is 24.5 Å². The number of rotatable bonds is 7. The average Bonchev–Trinajstić information content (AvgIpc) is 2.88. The lowest BCUT2D eigenvalue weighted by molar-refractivity contribution is -0.384. The zero-order valence-corrected chi connectivity index (χ0v) is 23.7. The molecule has 3 amide bonds. The first-order chi connectivity index (χ1) is 18.2. The fraction of sp³-hybridized carbons (Fsp3) is 0. The molecule has 9 nitrogen and oxygen atoms in total. The van der Waals surface area contributed by atoms with Crippen molar-refractivity contribution in [3.8, 4) is 0 Å². The lowest BCUT2D eigenvalue weighted by Gasteiger charge is -2.12. The van der Waals surface area contributed by atoms with Gasteiger partial charge in [-0.1, -0.05) is 12.1 Å². The van der Waals surface area contributed by atoms with Crippen molar-refractivity contribution < 1.29 is 19.3 Å². The molecule has 0 aliphatic rings. The predicted octanol–water partition coefficient (Wildman–Crippen LogP) is 6.56. The van der Waals surface area contributed by atoms with Crippen LogP contribution < -0.4 is 16.0 Å². The number of halogens is 2. The maximum atomic E-state index is 13.1. The van der Waals surface area contributed by atoms with Gasteiger partial charge in [0, 0.05) is 53.0 Å². The second kappa shape index (κ2) is 12.1. The van der Waals surface area contributed by atoms with E-state index in [9.17, 15) is 24.5 Å². The third-order valence-corrected chi connectivity index (χ3v) is 6.56. The Bertz CT molecular complexity index is 1480. The minimum atomic E-state index is -0.559. The molecule has 0 aromatic heterocycles. The number of carbonyl (C=O) groups is 3. The summed E-state index contributed by atoms with van der Waals surface area (Å²) in [4.78, 5) is 49.4. The summed E-state index contributed by atoms with van der Waals surface area (Å²) in [6.45, 7) is 0. The van der Waals surface area contributed by atoms with Crippen molar-refractivity contribution in [1.82, 2.24) is 0 Å². The highest BCUT2D eigenvalue weighted by Gasteiger charge is 2.17. The smallest absolute Gasteiger partial charge is 0.269 e. The van der Waals surface area contributed by atoms with Gasteiger partial charge in [0.05, 0.1) is 4.92 Å². The first kappa shape index (κ1) is 27.2. The first-order valence-electron chi connectivity index (χ1n) is 11.0. The molecule has 0 heterocycles. The second-order valence-electron chi connectivity index (χ2n) is 7.99. The molecule has 0 fully saturated rings. The van der Waals surface area contributed by atoms with E-state index < -0.39 is 22.6 Å². The van der Waals surface area contributed by atoms with Gasteiger partial charge in [-0.25, -0.2) is 0 Å². The summed E-state index contributed by atoms with van der Waals surface area (Å²) in [6, 6.07) is 23.9. The average molecular weight is 732 g/mol. The minimum absolute atomic E-state index is 0.148. The van der Waals surface area contributed by atoms with E-state index >= 15 is 0 Å². The van der Waals surface area contributed by atoms with Crippen LogP contribution in [0.1, 0.15) is 31.1 Å². The number of non-ortho nitro benzene ring substituents is 1. The standard InChI is InChI=1S/C27H18I2N4O5/c28-19-3-1-5-21(14-19)30-26(35)17-11-18(27(36)31-22-6-2-4-20(29)15-22)13-23(12-17)32-25(34)16-7-9-24(10-8-16)33(37)38/h1-15H,(H,30,35)(H,31,36)(H,32,34). The zero-order chi connectivity index (χ0) is 27.2. The molecule has 11 heteroatoms. The SMILES string of the molecule is O=C(Nc1cc(C(=O)Nc2cccc(I)c2)cc(C(=O)Nc2cccc(I)c2)c1)c1ccc([N+](=O)[O-])cc1. The molecule has 3 N–H and O–H groups in total. The fourth-order valence-electron chi connectivity index (χ4n) is 3.44. The molecule has 0 aliphatic heterocycles. The van der Waals surface area contributed by atoms with Gasteiger partial charge in [-0.2, -0.15) is 0 Å². The van der Waals surface area contributed by atoms with Crippen LogP contribution in [0.4, 0.5) is 22.7 Å². The Morgan fingerprint density at radius 2 is 1.03 bits per heavy atom. The number of benzene rings is 4. The Morgan fingerprint density at radius 3 is 1.47 bits per heavy atom. The molecular weight excluding hydrogens is 714 g/mol. The van der Waals surface area contributed by atoms with E-state index in [-0.39, 0.29) is 28.1 Å². The largest absolute Gasteiger partial charge is 0.322 e. The monoisotopic (exact) mass is 732 g/mol. The van der Waals surface area contributed by atoms with E-state index in [2.05, 4.69) is 61.1 Å². The van der Waals surface area contributed by atoms with E-state index in [1.807, 2.05) is 12.1 Å². The molecule has 4 rings (SSSR count). The Kier molecular flexibility index (Phi) is 8.68. The lowest BCUT2D eigenvalue weighted by atomic mass is 10.1. The number of carbonyl (C=O) groups excluding carboxylic acids is 3. The molecule has 0 atom stereocenters. The van der Waals surface area contributed by atoms with Crippen molar-refractivity contribution in [2.45, 2.75) is 0 Å². The Labute approximate surface area is 244 Å². The van der Waals surface area contributed by atoms with Gasteiger partial charge in [0.1, 0.15) is 0 Å². The summed E-state index contributed by atoms with van der Waals surface area (Å²) < 4.78 is 1.86. The van der Waals surface area contributed by atoms with Crippen LogP contribution in [0.5, 0.6) is 0 Å². The van der Waals surface area contributed by atoms with E-state index in [1.54, 1.807) is 36.4 Å². The Balaban J connectivity index is 1.64. The fourth-order valence-corrected chi connectivity index (χ4v) is 4.52. The first-order valence-corrected chi connectivity index (χ1v) is 13.2. The van der Waals surface area contributed by atoms with Crippen LogP contribution >= 0.6 is 45.2 Å². The van der Waals surface area contributed by atoms with Crippen LogP contribution in [0.15, 0.2) is 91.0 Å². The van der Waals surface area contributed by atoms with E-state index in [1.165, 1.54) is 42.5 Å². The van der Waals surface area contributed by atoms with Gasteiger partial charge in [-0.05, 0) is 112 Å². The van der Waals surface area contributed by atoms with Crippen LogP contribution in [-0.4, -0.2) is 22.6 Å². The highest BCUT2D eigenvalue weighted by atomic mass is 127. The third kappa shape index (κ3) is 7.13. The van der Waals surface area contributed by atoms with Crippen molar-refractivity contribution in [2.75, 3.05) is 16.0 Å². The summed E-state index contributed by atoms with van der Waals surface area (Å²) in [5, 5.41) is 19.2. The van der Waals surface area contributed by atoms with Crippen molar-refractivity contribution in [3.05, 3.63) is 125 Å². The van der Waals surface area contributed by atoms with Crippen molar-refractivity contribution in [3.63, 3.8) is 0 Å². The normalized spacial score (nSPS) is 10.4. The molecule has 0 unspecified atom stereocenters. The quantitative estimate of drug-likeness (QED) is 0.113. The molecule has 0 saturated heterocycles. The number of nitrogens with one attached hydrogen (secondary N) is 3. The van der Waals surface area contributed by atoms with Gasteiger partial charge < -0.3 is 16.0 Å². The maximum Gasteiger partial charge on any atom is 0.269 e. The number of hydrogen-bond acceptors (Lipinski definition) is 5. The third-order valence-electron chi connectivity index (χ3n) is 5.22. The summed E-state index contributed by atoms with van der Waals surface area (Å²) in [7, 11) is 0. The number of nitrogens with zero attached hydrogens (tertiary/aromatic N) is 1. The van der Waals surface area contributed by atoms with Crippen molar-refractivity contribution in [1.29, 1.82) is 0 Å². The molecular formula is C27H18I2N4O5. The predicted molar refractivity (Wildman–Crippen MR) is 162 cm³/mol.